The van der Waals surface area contributed by atoms with Crippen LogP contribution in [0.3, 0.4) is 0 Å². The van der Waals surface area contributed by atoms with Gasteiger partial charge in [0.25, 0.3) is 5.78 Å². The van der Waals surface area contributed by atoms with Crippen LogP contribution in [0.15, 0.2) is 77.5 Å². The van der Waals surface area contributed by atoms with Gasteiger partial charge in [0.1, 0.15) is 5.69 Å². The molecule has 0 saturated heterocycles. The molecule has 0 N–H and O–H groups in total. The Morgan fingerprint density at radius 2 is 1.66 bits per heavy atom. The predicted molar refractivity (Wildman–Crippen MR) is 116 cm³/mol. The maximum Gasteiger partial charge on any atom is 0.250 e. The molecule has 1 saturated carbocycles. The number of imidazole rings is 1. The van der Waals surface area contributed by atoms with Crippen molar-refractivity contribution in [2.75, 3.05) is 0 Å². The Labute approximate surface area is 175 Å². The van der Waals surface area contributed by atoms with Gasteiger partial charge in [-0.25, -0.2) is 9.97 Å². The van der Waals surface area contributed by atoms with Crippen LogP contribution in [-0.4, -0.2) is 24.6 Å². The van der Waals surface area contributed by atoms with Gasteiger partial charge in [-0.1, -0.05) is 52.3 Å². The summed E-state index contributed by atoms with van der Waals surface area (Å²) < 4.78 is 2.93. The first-order chi connectivity index (χ1) is 14.2. The molecule has 2 aromatic carbocycles. The highest BCUT2D eigenvalue weighted by atomic mass is 79.9. The quantitative estimate of drug-likeness (QED) is 0.386. The second-order valence-electron chi connectivity index (χ2n) is 7.48. The maximum absolute atomic E-state index is 4.97. The summed E-state index contributed by atoms with van der Waals surface area (Å²) in [4.78, 5) is 14.0. The van der Waals surface area contributed by atoms with E-state index >= 15 is 0 Å². The van der Waals surface area contributed by atoms with Crippen molar-refractivity contribution in [3.8, 4) is 11.3 Å². The summed E-state index contributed by atoms with van der Waals surface area (Å²) in [6.07, 6.45) is 5.76. The molecule has 3 heterocycles. The van der Waals surface area contributed by atoms with E-state index in [-0.39, 0.29) is 5.41 Å². The molecule has 6 heteroatoms. The Morgan fingerprint density at radius 1 is 0.862 bits per heavy atom. The summed E-state index contributed by atoms with van der Waals surface area (Å²) in [7, 11) is 0. The Hall–Kier alpha value is -3.12. The molecule has 5 nitrogen and oxygen atoms in total. The number of fused-ring (bicyclic) bond motifs is 2. The molecule has 5 aromatic rings. The summed E-state index contributed by atoms with van der Waals surface area (Å²) in [5, 5.41) is 6.03. The minimum absolute atomic E-state index is 0.142. The van der Waals surface area contributed by atoms with Crippen LogP contribution in [0, 0.1) is 0 Å². The van der Waals surface area contributed by atoms with Crippen molar-refractivity contribution in [1.82, 2.24) is 24.6 Å². The van der Waals surface area contributed by atoms with Crippen molar-refractivity contribution in [2.45, 2.75) is 18.3 Å². The van der Waals surface area contributed by atoms with E-state index in [4.69, 9.17) is 10.1 Å². The van der Waals surface area contributed by atoms with Crippen LogP contribution in [0.4, 0.5) is 0 Å². The van der Waals surface area contributed by atoms with Gasteiger partial charge in [-0.3, -0.25) is 4.98 Å². The fourth-order valence-corrected chi connectivity index (χ4v) is 4.22. The van der Waals surface area contributed by atoms with Crippen molar-refractivity contribution in [3.05, 3.63) is 88.9 Å². The molecule has 0 aliphatic heterocycles. The Morgan fingerprint density at radius 3 is 2.48 bits per heavy atom. The number of hydrogen-bond acceptors (Lipinski definition) is 4. The molecule has 1 fully saturated rings. The summed E-state index contributed by atoms with van der Waals surface area (Å²) in [6.45, 7) is 0. The fraction of sp³-hybridized carbons (Fsp3) is 0.130. The van der Waals surface area contributed by atoms with Crippen LogP contribution in [0.5, 0.6) is 0 Å². The number of benzene rings is 2. The minimum atomic E-state index is -0.142. The minimum Gasteiger partial charge on any atom is -0.252 e. The van der Waals surface area contributed by atoms with Gasteiger partial charge in [0.05, 0.1) is 34.7 Å². The molecule has 140 valence electrons. The molecule has 0 amide bonds. The number of hydrogen-bond donors (Lipinski definition) is 0. The Balaban J connectivity index is 1.49. The zero-order valence-corrected chi connectivity index (χ0v) is 17.0. The number of nitrogens with zero attached hydrogens (tertiary/aromatic N) is 5. The highest BCUT2D eigenvalue weighted by molar-refractivity contribution is 9.10. The summed E-state index contributed by atoms with van der Waals surface area (Å²) >= 11 is 3.48. The van der Waals surface area contributed by atoms with Gasteiger partial charge < -0.3 is 0 Å². The van der Waals surface area contributed by atoms with E-state index in [1.165, 1.54) is 0 Å². The molecule has 6 rings (SSSR count). The third-order valence-corrected chi connectivity index (χ3v) is 6.23. The molecule has 0 spiro atoms. The third-order valence-electron chi connectivity index (χ3n) is 5.70. The molecule has 1 aliphatic carbocycles. The zero-order chi connectivity index (χ0) is 19.4. The van der Waals surface area contributed by atoms with Gasteiger partial charge in [-0.15, -0.1) is 0 Å². The van der Waals surface area contributed by atoms with Gasteiger partial charge in [-0.2, -0.15) is 9.61 Å². The standard InChI is InChI=1S/C23H16BrN5/c24-17-8-5-16(6-9-17)19-13-25-22-26-14-21(29(22)28-19)23(11-12-23)20-10-7-15-3-1-2-4-18(15)27-20/h1-10,13-14H,11-12H2. The molecule has 0 atom stereocenters. The van der Waals surface area contributed by atoms with Crippen LogP contribution < -0.4 is 0 Å². The lowest BCUT2D eigenvalue weighted by Crippen LogP contribution is -2.15. The summed E-state index contributed by atoms with van der Waals surface area (Å²) in [5.74, 6) is 0.618. The van der Waals surface area contributed by atoms with Crippen molar-refractivity contribution < 1.29 is 0 Å². The molecule has 29 heavy (non-hydrogen) atoms. The highest BCUT2D eigenvalue weighted by Gasteiger charge is 2.50. The lowest BCUT2D eigenvalue weighted by atomic mass is 9.97. The van der Waals surface area contributed by atoms with E-state index in [1.54, 1.807) is 6.20 Å². The van der Waals surface area contributed by atoms with Crippen molar-refractivity contribution in [3.63, 3.8) is 0 Å². The molecule has 0 unspecified atom stereocenters. The fourth-order valence-electron chi connectivity index (χ4n) is 3.96. The first-order valence-corrected chi connectivity index (χ1v) is 10.4. The largest absolute Gasteiger partial charge is 0.252 e. The van der Waals surface area contributed by atoms with E-state index < -0.39 is 0 Å². The van der Waals surface area contributed by atoms with Gasteiger partial charge >= 0.3 is 0 Å². The van der Waals surface area contributed by atoms with Crippen molar-refractivity contribution in [2.24, 2.45) is 0 Å². The van der Waals surface area contributed by atoms with Gasteiger partial charge in [0.15, 0.2) is 0 Å². The van der Waals surface area contributed by atoms with Crippen LogP contribution in [0.2, 0.25) is 0 Å². The van der Waals surface area contributed by atoms with E-state index in [0.717, 1.165) is 50.9 Å². The van der Waals surface area contributed by atoms with Crippen LogP contribution >= 0.6 is 15.9 Å². The SMILES string of the molecule is Brc1ccc(-c2cnc3ncc(C4(c5ccc6ccccc6n5)CC4)n3n2)cc1. The number of para-hydroxylation sites is 1. The van der Waals surface area contributed by atoms with E-state index in [2.05, 4.69) is 50.2 Å². The summed E-state index contributed by atoms with van der Waals surface area (Å²) in [6, 6.07) is 20.6. The lowest BCUT2D eigenvalue weighted by Gasteiger charge is -2.15. The molecular formula is C23H16BrN5. The molecule has 1 aliphatic rings. The van der Waals surface area contributed by atoms with Crippen LogP contribution in [0.25, 0.3) is 27.9 Å². The monoisotopic (exact) mass is 441 g/mol. The number of aromatic nitrogens is 5. The maximum atomic E-state index is 4.97. The highest BCUT2D eigenvalue weighted by Crippen LogP contribution is 2.52. The van der Waals surface area contributed by atoms with Gasteiger partial charge in [0, 0.05) is 15.4 Å². The Bertz CT molecular complexity index is 1370. The lowest BCUT2D eigenvalue weighted by molar-refractivity contribution is 0.720. The molecule has 3 aromatic heterocycles. The number of rotatable bonds is 3. The zero-order valence-electron chi connectivity index (χ0n) is 15.5. The van der Waals surface area contributed by atoms with Gasteiger partial charge in [0.2, 0.25) is 0 Å². The smallest absolute Gasteiger partial charge is 0.250 e. The molecule has 0 radical (unpaired) electrons. The first kappa shape index (κ1) is 16.8. The number of pyridine rings is 1. The second kappa shape index (κ2) is 6.19. The van der Waals surface area contributed by atoms with E-state index in [9.17, 15) is 0 Å². The van der Waals surface area contributed by atoms with Crippen molar-refractivity contribution >= 4 is 32.6 Å². The second-order valence-corrected chi connectivity index (χ2v) is 8.39. The van der Waals surface area contributed by atoms with Crippen LogP contribution in [-0.2, 0) is 5.41 Å². The average Bonchev–Trinajstić information content (AvgIpc) is 3.46. The third kappa shape index (κ3) is 2.67. The molecule has 0 bridgehead atoms. The first-order valence-electron chi connectivity index (χ1n) is 9.56. The molecular weight excluding hydrogens is 426 g/mol. The predicted octanol–water partition coefficient (Wildman–Crippen LogP) is 5.18. The van der Waals surface area contributed by atoms with E-state index in [0.29, 0.717) is 5.78 Å². The van der Waals surface area contributed by atoms with E-state index in [1.807, 2.05) is 47.1 Å². The van der Waals surface area contributed by atoms with Crippen molar-refractivity contribution in [1.29, 1.82) is 0 Å². The van der Waals surface area contributed by atoms with Gasteiger partial charge in [-0.05, 0) is 37.1 Å². The topological polar surface area (TPSA) is 56.0 Å². The Kier molecular flexibility index (Phi) is 3.59. The number of halogens is 1. The average molecular weight is 442 g/mol. The summed E-state index contributed by atoms with van der Waals surface area (Å²) in [5.41, 5.74) is 4.86. The normalized spacial score (nSPS) is 15.1. The van der Waals surface area contributed by atoms with Crippen LogP contribution in [0.1, 0.15) is 24.2 Å².